The molecule has 2 aromatic carbocycles. The average molecular weight is 427 g/mol. The highest BCUT2D eigenvalue weighted by Crippen LogP contribution is 2.32. The molecule has 4 rings (SSSR count). The van der Waals surface area contributed by atoms with E-state index in [2.05, 4.69) is 21.2 Å². The highest BCUT2D eigenvalue weighted by Gasteiger charge is 2.36. The number of anilines is 2. The summed E-state index contributed by atoms with van der Waals surface area (Å²) < 4.78 is 0. The van der Waals surface area contributed by atoms with Crippen LogP contribution in [-0.2, 0) is 16.0 Å². The fraction of sp³-hybridized carbons (Fsp3) is 0.391. The summed E-state index contributed by atoms with van der Waals surface area (Å²) in [6.07, 6.45) is 0.569. The Morgan fingerprint density at radius 3 is 2.57 bits per heavy atom. The number of hydrogen-bond donors (Lipinski definition) is 1. The summed E-state index contributed by atoms with van der Waals surface area (Å²) in [5.74, 6) is -0.184. The summed E-state index contributed by atoms with van der Waals surface area (Å²) in [6.45, 7) is 6.65. The van der Waals surface area contributed by atoms with Gasteiger partial charge in [0.1, 0.15) is 6.04 Å². The highest BCUT2D eigenvalue weighted by molar-refractivity contribution is 6.30. The number of fused-ring (bicyclic) bond motifs is 1. The monoisotopic (exact) mass is 426 g/mol. The van der Waals surface area contributed by atoms with Crippen LogP contribution in [0.15, 0.2) is 48.5 Å². The molecule has 1 atom stereocenters. The summed E-state index contributed by atoms with van der Waals surface area (Å²) in [5, 5.41) is 3.79. The van der Waals surface area contributed by atoms with Crippen LogP contribution in [0.1, 0.15) is 12.5 Å². The first-order valence-electron chi connectivity index (χ1n) is 10.4. The van der Waals surface area contributed by atoms with E-state index in [0.717, 1.165) is 54.7 Å². The molecule has 30 heavy (non-hydrogen) atoms. The van der Waals surface area contributed by atoms with Crippen LogP contribution in [0.2, 0.25) is 5.02 Å². The number of halogens is 1. The van der Waals surface area contributed by atoms with Gasteiger partial charge in [-0.25, -0.2) is 0 Å². The van der Waals surface area contributed by atoms with Crippen molar-refractivity contribution in [3.8, 4) is 0 Å². The van der Waals surface area contributed by atoms with E-state index in [1.807, 2.05) is 42.5 Å². The lowest BCUT2D eigenvalue weighted by Gasteiger charge is -2.36. The van der Waals surface area contributed by atoms with Crippen LogP contribution in [0.3, 0.4) is 0 Å². The van der Waals surface area contributed by atoms with Gasteiger partial charge in [-0.2, -0.15) is 0 Å². The maximum atomic E-state index is 12.8. The molecule has 2 amide bonds. The highest BCUT2D eigenvalue weighted by atomic mass is 35.5. The van der Waals surface area contributed by atoms with Crippen molar-refractivity contribution in [3.05, 3.63) is 59.1 Å². The lowest BCUT2D eigenvalue weighted by Crippen LogP contribution is -2.51. The molecule has 0 saturated carbocycles. The van der Waals surface area contributed by atoms with E-state index in [1.165, 1.54) is 6.92 Å². The van der Waals surface area contributed by atoms with Crippen LogP contribution in [0.4, 0.5) is 11.4 Å². The molecule has 0 aromatic heterocycles. The molecule has 2 aliphatic heterocycles. The number of benzene rings is 2. The molecule has 0 aliphatic carbocycles. The Bertz CT molecular complexity index is 927. The van der Waals surface area contributed by atoms with Crippen LogP contribution >= 0.6 is 11.6 Å². The third kappa shape index (κ3) is 4.45. The lowest BCUT2D eigenvalue weighted by atomic mass is 10.1. The Labute approximate surface area is 182 Å². The number of amides is 2. The van der Waals surface area contributed by atoms with E-state index >= 15 is 0 Å². The topological polar surface area (TPSA) is 55.9 Å². The Morgan fingerprint density at radius 2 is 1.83 bits per heavy atom. The van der Waals surface area contributed by atoms with Gasteiger partial charge in [0.05, 0.1) is 0 Å². The molecule has 0 radical (unpaired) electrons. The van der Waals surface area contributed by atoms with Gasteiger partial charge in [0.25, 0.3) is 0 Å². The average Bonchev–Trinajstić information content (AvgIpc) is 3.14. The van der Waals surface area contributed by atoms with Crippen molar-refractivity contribution in [1.29, 1.82) is 0 Å². The number of carbonyl (C=O) groups excluding carboxylic acids is 2. The number of carbonyl (C=O) groups is 2. The minimum absolute atomic E-state index is 0.0843. The summed E-state index contributed by atoms with van der Waals surface area (Å²) in [7, 11) is 0. The van der Waals surface area contributed by atoms with Gasteiger partial charge in [-0.3, -0.25) is 19.4 Å². The SMILES string of the molecule is CC(=O)N1c2ccccc2C[C@@H]1C(=O)NCCN1CCN(c2cccc(Cl)c2)CC1. The Morgan fingerprint density at radius 1 is 1.07 bits per heavy atom. The minimum atomic E-state index is -0.459. The third-order valence-corrected chi connectivity index (χ3v) is 6.13. The van der Waals surface area contributed by atoms with Gasteiger partial charge < -0.3 is 10.2 Å². The maximum absolute atomic E-state index is 12.8. The first kappa shape index (κ1) is 20.7. The summed E-state index contributed by atoms with van der Waals surface area (Å²) in [6, 6.07) is 15.2. The second-order valence-electron chi connectivity index (χ2n) is 7.84. The van der Waals surface area contributed by atoms with E-state index < -0.39 is 6.04 Å². The Hall–Kier alpha value is -2.57. The number of nitrogens with one attached hydrogen (secondary N) is 1. The zero-order chi connectivity index (χ0) is 21.1. The second-order valence-corrected chi connectivity index (χ2v) is 8.27. The molecule has 7 heteroatoms. The fourth-order valence-electron chi connectivity index (χ4n) is 4.34. The van der Waals surface area contributed by atoms with Gasteiger partial charge >= 0.3 is 0 Å². The van der Waals surface area contributed by atoms with Crippen molar-refractivity contribution in [1.82, 2.24) is 10.2 Å². The smallest absolute Gasteiger partial charge is 0.243 e. The molecule has 0 bridgehead atoms. The van der Waals surface area contributed by atoms with Gasteiger partial charge in [0.15, 0.2) is 0 Å². The van der Waals surface area contributed by atoms with Gasteiger partial charge in [-0.1, -0.05) is 35.9 Å². The molecular formula is C23H27ClN4O2. The van der Waals surface area contributed by atoms with Crippen molar-refractivity contribution in [2.24, 2.45) is 0 Å². The third-order valence-electron chi connectivity index (χ3n) is 5.89. The lowest BCUT2D eigenvalue weighted by molar-refractivity contribution is -0.125. The molecule has 2 heterocycles. The number of rotatable bonds is 5. The number of piperazine rings is 1. The number of para-hydroxylation sites is 1. The summed E-state index contributed by atoms with van der Waals surface area (Å²) in [5.41, 5.74) is 3.05. The molecular weight excluding hydrogens is 400 g/mol. The zero-order valence-electron chi connectivity index (χ0n) is 17.2. The summed E-state index contributed by atoms with van der Waals surface area (Å²) in [4.78, 5) is 31.2. The van der Waals surface area contributed by atoms with Crippen molar-refractivity contribution in [2.75, 3.05) is 49.1 Å². The minimum Gasteiger partial charge on any atom is -0.369 e. The summed E-state index contributed by atoms with van der Waals surface area (Å²) >= 11 is 6.10. The van der Waals surface area contributed by atoms with Gasteiger partial charge in [-0.15, -0.1) is 0 Å². The molecule has 6 nitrogen and oxygen atoms in total. The van der Waals surface area contributed by atoms with Crippen molar-refractivity contribution >= 4 is 34.8 Å². The van der Waals surface area contributed by atoms with Crippen molar-refractivity contribution < 1.29 is 9.59 Å². The first-order valence-corrected chi connectivity index (χ1v) is 10.8. The second kappa shape index (κ2) is 9.06. The van der Waals surface area contributed by atoms with Crippen LogP contribution in [-0.4, -0.2) is 62.0 Å². The molecule has 0 unspecified atom stereocenters. The van der Waals surface area contributed by atoms with E-state index in [4.69, 9.17) is 11.6 Å². The molecule has 158 valence electrons. The largest absolute Gasteiger partial charge is 0.369 e. The molecule has 2 aliphatic rings. The molecule has 1 N–H and O–H groups in total. The number of nitrogens with zero attached hydrogens (tertiary/aromatic N) is 3. The Kier molecular flexibility index (Phi) is 6.25. The van der Waals surface area contributed by atoms with Crippen molar-refractivity contribution in [2.45, 2.75) is 19.4 Å². The molecule has 1 fully saturated rings. The fourth-order valence-corrected chi connectivity index (χ4v) is 4.53. The van der Waals surface area contributed by atoms with Crippen LogP contribution < -0.4 is 15.1 Å². The van der Waals surface area contributed by atoms with Crippen LogP contribution in [0, 0.1) is 0 Å². The Balaban J connectivity index is 1.25. The van der Waals surface area contributed by atoms with Gasteiger partial charge in [-0.05, 0) is 29.8 Å². The van der Waals surface area contributed by atoms with E-state index in [0.29, 0.717) is 13.0 Å². The quantitative estimate of drug-likeness (QED) is 0.798. The van der Waals surface area contributed by atoms with E-state index in [9.17, 15) is 9.59 Å². The molecule has 2 aromatic rings. The maximum Gasteiger partial charge on any atom is 0.243 e. The van der Waals surface area contributed by atoms with E-state index in [1.54, 1.807) is 4.90 Å². The van der Waals surface area contributed by atoms with Gasteiger partial charge in [0.2, 0.25) is 11.8 Å². The molecule has 0 spiro atoms. The van der Waals surface area contributed by atoms with Crippen LogP contribution in [0.5, 0.6) is 0 Å². The number of hydrogen-bond acceptors (Lipinski definition) is 4. The standard InChI is InChI=1S/C23H27ClN4O2/c1-17(29)28-21-8-3-2-5-18(21)15-22(28)23(30)25-9-10-26-11-13-27(14-12-26)20-7-4-6-19(24)16-20/h2-8,16,22H,9-15H2,1H3,(H,25,30)/t22-/m1/s1. The van der Waals surface area contributed by atoms with Gasteiger partial charge in [0, 0.05) is 69.0 Å². The normalized spacial score (nSPS) is 18.9. The predicted molar refractivity (Wildman–Crippen MR) is 120 cm³/mol. The first-order chi connectivity index (χ1) is 14.5. The van der Waals surface area contributed by atoms with Crippen LogP contribution in [0.25, 0.3) is 0 Å². The van der Waals surface area contributed by atoms with Crippen molar-refractivity contribution in [3.63, 3.8) is 0 Å². The molecule has 1 saturated heterocycles. The predicted octanol–water partition coefficient (Wildman–Crippen LogP) is 2.56. The van der Waals surface area contributed by atoms with E-state index in [-0.39, 0.29) is 11.8 Å². The zero-order valence-corrected chi connectivity index (χ0v) is 17.9.